The average molecular weight is 896 g/mol. The largest absolute Gasteiger partial charge is 3.00 e. The molecule has 2 aromatic heterocycles. The Kier molecular flexibility index (Phi) is 9.53. The average Bonchev–Trinajstić information content (AvgIpc) is 3.94. The second-order valence-electron chi connectivity index (χ2n) is 15.3. The van der Waals surface area contributed by atoms with Crippen LogP contribution >= 0.6 is 0 Å². The third-order valence-electron chi connectivity index (χ3n) is 10.9. The van der Waals surface area contributed by atoms with E-state index in [-0.39, 0.29) is 25.5 Å². The maximum atomic E-state index is 6.45. The summed E-state index contributed by atoms with van der Waals surface area (Å²) in [5.74, 6) is 1.86. The van der Waals surface area contributed by atoms with Crippen molar-refractivity contribution in [3.05, 3.63) is 175 Å². The quantitative estimate of drug-likeness (QED) is 0.161. The summed E-state index contributed by atoms with van der Waals surface area (Å²) in [5.41, 5.74) is 13.8. The van der Waals surface area contributed by atoms with Crippen molar-refractivity contribution in [2.75, 3.05) is 9.80 Å². The van der Waals surface area contributed by atoms with E-state index in [1.165, 1.54) is 39.3 Å². The van der Waals surface area contributed by atoms with Gasteiger partial charge in [-0.15, -0.1) is 42.6 Å². The van der Waals surface area contributed by atoms with E-state index in [9.17, 15) is 0 Å². The first-order valence-electron chi connectivity index (χ1n) is 18.9. The zero-order valence-corrected chi connectivity index (χ0v) is 34.4. The minimum Gasteiger partial charge on any atom is -0.493 e. The minimum absolute atomic E-state index is 0. The molecule has 6 heteroatoms. The Bertz CT molecular complexity index is 2610. The molecule has 10 rings (SSSR count). The van der Waals surface area contributed by atoms with E-state index in [1.54, 1.807) is 0 Å². The molecule has 0 unspecified atom stereocenters. The number of benzene rings is 6. The van der Waals surface area contributed by atoms with Crippen molar-refractivity contribution in [1.29, 1.82) is 0 Å². The molecule has 5 nitrogen and oxygen atoms in total. The molecule has 0 atom stereocenters. The fourth-order valence-electron chi connectivity index (χ4n) is 8.31. The first kappa shape index (κ1) is 36.6. The number of furan rings is 1. The number of aromatic nitrogens is 2. The minimum atomic E-state index is -0.221. The van der Waals surface area contributed by atoms with Crippen molar-refractivity contribution in [1.82, 2.24) is 9.55 Å². The molecule has 0 aliphatic carbocycles. The first-order chi connectivity index (χ1) is 26.2. The van der Waals surface area contributed by atoms with Gasteiger partial charge in [-0.2, -0.15) is 12.1 Å². The Morgan fingerprint density at radius 1 is 0.709 bits per heavy atom. The molecule has 0 saturated heterocycles. The Balaban J connectivity index is 0.000000160. The second-order valence-corrected chi connectivity index (χ2v) is 15.3. The van der Waals surface area contributed by atoms with Gasteiger partial charge >= 0.3 is 20.1 Å². The second kappa shape index (κ2) is 14.3. The van der Waals surface area contributed by atoms with Gasteiger partial charge in [0.2, 0.25) is 0 Å². The molecule has 0 spiro atoms. The summed E-state index contributed by atoms with van der Waals surface area (Å²) in [5, 5.41) is 2.27. The molecule has 6 aromatic carbocycles. The molecule has 2 aliphatic heterocycles. The van der Waals surface area contributed by atoms with E-state index in [4.69, 9.17) is 4.42 Å². The van der Waals surface area contributed by atoms with E-state index in [0.29, 0.717) is 11.8 Å². The van der Waals surface area contributed by atoms with E-state index in [0.717, 1.165) is 44.7 Å². The summed E-state index contributed by atoms with van der Waals surface area (Å²) in [4.78, 5) is 9.14. The SMILES string of the molecule is CC(C)c1cccc(C(C)C)c1-n1ccnc1-c1[c-]cccc1.CC1(C)c2cccc3c2N([CH-]N3c2ccccc2)c2[c-]cc3c(oc4ccccc43)c21.[Ir+3]. The van der Waals surface area contributed by atoms with Gasteiger partial charge in [0.25, 0.3) is 0 Å². The van der Waals surface area contributed by atoms with Crippen molar-refractivity contribution in [3.63, 3.8) is 0 Å². The summed E-state index contributed by atoms with van der Waals surface area (Å²) >= 11 is 0. The molecule has 55 heavy (non-hydrogen) atoms. The van der Waals surface area contributed by atoms with Gasteiger partial charge in [0, 0.05) is 40.7 Å². The van der Waals surface area contributed by atoms with Crippen molar-refractivity contribution >= 4 is 44.7 Å². The Morgan fingerprint density at radius 3 is 2.15 bits per heavy atom. The van der Waals surface area contributed by atoms with Crippen LogP contribution in [-0.2, 0) is 25.5 Å². The van der Waals surface area contributed by atoms with Gasteiger partial charge in [-0.3, -0.25) is 4.98 Å². The van der Waals surface area contributed by atoms with Crippen LogP contribution in [0.2, 0.25) is 0 Å². The van der Waals surface area contributed by atoms with Gasteiger partial charge in [-0.05, 0) is 63.6 Å². The summed E-state index contributed by atoms with van der Waals surface area (Å²) < 4.78 is 8.67. The van der Waals surface area contributed by atoms with E-state index >= 15 is 0 Å². The van der Waals surface area contributed by atoms with Gasteiger partial charge < -0.3 is 18.8 Å². The molecule has 0 saturated carbocycles. The van der Waals surface area contributed by atoms with Gasteiger partial charge in [0.05, 0.1) is 5.82 Å². The van der Waals surface area contributed by atoms with Crippen LogP contribution in [-0.4, -0.2) is 9.55 Å². The Labute approximate surface area is 337 Å². The molecule has 274 valence electrons. The number of anilines is 4. The monoisotopic (exact) mass is 896 g/mol. The van der Waals surface area contributed by atoms with Crippen LogP contribution < -0.4 is 9.80 Å². The molecule has 4 heterocycles. The number of nitrogens with zero attached hydrogens (tertiary/aromatic N) is 4. The summed E-state index contributed by atoms with van der Waals surface area (Å²) in [6, 6.07) is 49.0. The zero-order valence-electron chi connectivity index (χ0n) is 32.0. The van der Waals surface area contributed by atoms with Crippen LogP contribution in [0, 0.1) is 18.8 Å². The third-order valence-corrected chi connectivity index (χ3v) is 10.9. The number of imidazole rings is 1. The number of fused-ring (bicyclic) bond motifs is 6. The van der Waals surface area contributed by atoms with Gasteiger partial charge in [0.15, 0.2) is 0 Å². The van der Waals surface area contributed by atoms with Crippen LogP contribution in [0.3, 0.4) is 0 Å². The molecular formula is C49H43IrN4O. The number of hydrogen-bond donors (Lipinski definition) is 0. The molecular weight excluding hydrogens is 853 g/mol. The molecule has 0 bridgehead atoms. The zero-order chi connectivity index (χ0) is 37.1. The fraction of sp³-hybridized carbons (Fsp3) is 0.184. The maximum absolute atomic E-state index is 6.45. The Morgan fingerprint density at radius 2 is 1.42 bits per heavy atom. The van der Waals surface area contributed by atoms with E-state index in [1.807, 2.05) is 36.5 Å². The van der Waals surface area contributed by atoms with Gasteiger partial charge in [-0.25, -0.2) is 0 Å². The summed E-state index contributed by atoms with van der Waals surface area (Å²) in [6.07, 6.45) is 3.93. The van der Waals surface area contributed by atoms with Crippen LogP contribution in [0.15, 0.2) is 138 Å². The van der Waals surface area contributed by atoms with E-state index < -0.39 is 0 Å². The molecule has 0 fully saturated rings. The molecule has 0 radical (unpaired) electrons. The van der Waals surface area contributed by atoms with Crippen LogP contribution in [0.4, 0.5) is 22.7 Å². The summed E-state index contributed by atoms with van der Waals surface area (Å²) in [6.45, 7) is 15.8. The van der Waals surface area contributed by atoms with Crippen molar-refractivity contribution in [2.45, 2.75) is 58.8 Å². The van der Waals surface area contributed by atoms with Gasteiger partial charge in [-0.1, -0.05) is 125 Å². The predicted molar refractivity (Wildman–Crippen MR) is 222 cm³/mol. The molecule has 2 aliphatic rings. The molecule has 0 N–H and O–H groups in total. The van der Waals surface area contributed by atoms with Crippen molar-refractivity contribution in [3.8, 4) is 17.1 Å². The first-order valence-corrected chi connectivity index (χ1v) is 18.9. The topological polar surface area (TPSA) is 37.4 Å². The van der Waals surface area contributed by atoms with Crippen molar-refractivity contribution in [2.24, 2.45) is 0 Å². The number of rotatable bonds is 5. The molecule has 8 aromatic rings. The Hall–Kier alpha value is -5.42. The number of para-hydroxylation sites is 4. The molecule has 0 amide bonds. The van der Waals surface area contributed by atoms with Gasteiger partial charge in [0.1, 0.15) is 5.58 Å². The maximum Gasteiger partial charge on any atom is 3.00 e. The third kappa shape index (κ3) is 6.00. The fourth-order valence-corrected chi connectivity index (χ4v) is 8.31. The van der Waals surface area contributed by atoms with E-state index in [2.05, 4.69) is 177 Å². The smallest absolute Gasteiger partial charge is 0.493 e. The summed E-state index contributed by atoms with van der Waals surface area (Å²) in [7, 11) is 0. The standard InChI is InChI=1S/C28H20N2O.C21H23N2.Ir/c1-28(2)21-12-8-13-23-26(21)30(17-29(23)18-9-4-3-5-10-18)22-16-15-20-19-11-6-7-14-24(19)31-27(20)25(22)28;1-15(2)18-11-8-12-19(16(3)4)20(18)23-14-13-22-21(23)17-9-6-5-7-10-17;/h3-15,17H,1-2H3;5-9,11-16H,1-4H3;/q-2;-1;+3. The van der Waals surface area contributed by atoms with Crippen LogP contribution in [0.25, 0.3) is 39.0 Å². The van der Waals surface area contributed by atoms with Crippen LogP contribution in [0.5, 0.6) is 0 Å². The predicted octanol–water partition coefficient (Wildman–Crippen LogP) is 13.0. The van der Waals surface area contributed by atoms with Crippen LogP contribution in [0.1, 0.15) is 75.6 Å². The van der Waals surface area contributed by atoms with Crippen molar-refractivity contribution < 1.29 is 24.5 Å². The number of hydrogen-bond acceptors (Lipinski definition) is 4. The normalized spacial score (nSPS) is 13.8.